The summed E-state index contributed by atoms with van der Waals surface area (Å²) in [4.78, 5) is 37.2. The van der Waals surface area contributed by atoms with E-state index in [0.717, 1.165) is 16.7 Å². The zero-order chi connectivity index (χ0) is 25.8. The van der Waals surface area contributed by atoms with Crippen molar-refractivity contribution in [2.45, 2.75) is 51.5 Å². The molecule has 11 heteroatoms. The lowest BCUT2D eigenvalue weighted by atomic mass is 10.0. The number of amides is 3. The zero-order valence-corrected chi connectivity index (χ0v) is 19.9. The van der Waals surface area contributed by atoms with Gasteiger partial charge in [-0.3, -0.25) is 10.1 Å². The molecule has 0 aliphatic rings. The molecule has 2 atom stereocenters. The topological polar surface area (TPSA) is 184 Å². The Bertz CT molecular complexity index is 1030. The number of aliphatic carboxylic acids is 1. The van der Waals surface area contributed by atoms with Gasteiger partial charge in [0.05, 0.1) is 5.69 Å². The number of nitrogens with two attached hydrogens (primary N) is 2. The molecular formula is C24H33N7O4. The molecule has 0 bridgehead atoms. The number of rotatable bonds is 12. The highest BCUT2D eigenvalue weighted by Crippen LogP contribution is 2.20. The largest absolute Gasteiger partial charge is 0.480 e. The van der Waals surface area contributed by atoms with Crippen molar-refractivity contribution in [1.82, 2.24) is 16.0 Å². The Hall–Kier alpha value is -3.67. The van der Waals surface area contributed by atoms with Gasteiger partial charge in [-0.15, -0.1) is 5.11 Å². The van der Waals surface area contributed by atoms with Gasteiger partial charge in [-0.2, -0.15) is 0 Å². The highest BCUT2D eigenvalue weighted by Gasteiger charge is 2.26. The number of benzene rings is 2. The van der Waals surface area contributed by atoms with Crippen LogP contribution in [0.5, 0.6) is 0 Å². The molecular weight excluding hydrogens is 450 g/mol. The number of carboxylic acids is 1. The van der Waals surface area contributed by atoms with Gasteiger partial charge in [-0.05, 0) is 56.0 Å². The van der Waals surface area contributed by atoms with Crippen LogP contribution in [-0.4, -0.2) is 47.9 Å². The molecule has 0 fully saturated rings. The van der Waals surface area contributed by atoms with Crippen LogP contribution in [0.1, 0.15) is 29.5 Å². The molecule has 11 nitrogen and oxygen atoms in total. The zero-order valence-electron chi connectivity index (χ0n) is 19.9. The van der Waals surface area contributed by atoms with E-state index in [1.807, 2.05) is 44.2 Å². The second-order valence-corrected chi connectivity index (χ2v) is 8.20. The summed E-state index contributed by atoms with van der Waals surface area (Å²) in [5.74, 6) is -1.82. The Morgan fingerprint density at radius 1 is 1.00 bits per heavy atom. The van der Waals surface area contributed by atoms with Crippen LogP contribution in [0.3, 0.4) is 0 Å². The highest BCUT2D eigenvalue weighted by molar-refractivity contribution is 5.90. The van der Waals surface area contributed by atoms with Crippen LogP contribution in [-0.2, 0) is 16.0 Å². The van der Waals surface area contributed by atoms with Gasteiger partial charge in [0.1, 0.15) is 18.4 Å². The molecule has 2 aromatic carbocycles. The minimum atomic E-state index is -1.19. The third-order valence-corrected chi connectivity index (χ3v) is 5.17. The Morgan fingerprint density at radius 2 is 1.71 bits per heavy atom. The van der Waals surface area contributed by atoms with Crippen molar-refractivity contribution in [3.05, 3.63) is 65.2 Å². The molecule has 0 saturated carbocycles. The predicted molar refractivity (Wildman–Crippen MR) is 132 cm³/mol. The number of nitrogens with one attached hydrogen (secondary N) is 3. The third-order valence-electron chi connectivity index (χ3n) is 5.17. The quantitative estimate of drug-likeness (QED) is 0.151. The first-order chi connectivity index (χ1) is 16.7. The summed E-state index contributed by atoms with van der Waals surface area (Å²) in [7, 11) is 0. The van der Waals surface area contributed by atoms with Crippen LogP contribution < -0.4 is 27.4 Å². The van der Waals surface area contributed by atoms with Crippen LogP contribution in [0.4, 0.5) is 10.5 Å². The second kappa shape index (κ2) is 13.9. The summed E-state index contributed by atoms with van der Waals surface area (Å²) in [6.07, 6.45) is 0.00469. The van der Waals surface area contributed by atoms with Crippen molar-refractivity contribution in [3.63, 3.8) is 0 Å². The molecule has 0 aliphatic carbocycles. The van der Waals surface area contributed by atoms with Crippen molar-refractivity contribution in [2.24, 2.45) is 21.7 Å². The minimum Gasteiger partial charge on any atom is -0.480 e. The van der Waals surface area contributed by atoms with Gasteiger partial charge in [-0.25, -0.2) is 9.59 Å². The number of aryl methyl sites for hydroxylation is 2. The molecule has 0 saturated heterocycles. The number of hydrogen-bond acceptors (Lipinski definition) is 7. The van der Waals surface area contributed by atoms with Crippen LogP contribution in [0.2, 0.25) is 0 Å². The lowest BCUT2D eigenvalue weighted by Crippen LogP contribution is -2.52. The number of urea groups is 1. The van der Waals surface area contributed by atoms with Gasteiger partial charge >= 0.3 is 12.0 Å². The fourth-order valence-electron chi connectivity index (χ4n) is 3.27. The maximum absolute atomic E-state index is 13.0. The molecule has 2 unspecified atom stereocenters. The maximum atomic E-state index is 13.0. The summed E-state index contributed by atoms with van der Waals surface area (Å²) in [5.41, 5.74) is 14.0. The van der Waals surface area contributed by atoms with Gasteiger partial charge in [0.25, 0.3) is 0 Å². The second-order valence-electron chi connectivity index (χ2n) is 8.20. The molecule has 0 spiro atoms. The number of carbonyl (C=O) groups is 3. The van der Waals surface area contributed by atoms with Crippen molar-refractivity contribution in [1.29, 1.82) is 0 Å². The van der Waals surface area contributed by atoms with E-state index in [4.69, 9.17) is 11.5 Å². The van der Waals surface area contributed by atoms with E-state index in [0.29, 0.717) is 18.7 Å². The third kappa shape index (κ3) is 10.0. The van der Waals surface area contributed by atoms with E-state index in [1.165, 1.54) is 0 Å². The average molecular weight is 484 g/mol. The van der Waals surface area contributed by atoms with E-state index in [1.54, 1.807) is 18.2 Å². The molecule has 0 aliphatic heterocycles. The predicted octanol–water partition coefficient (Wildman–Crippen LogP) is 1.85. The SMILES string of the molecule is Cc1ccc(C)c(N=NC(=O)NC(Cc2ccccc2)C(=O)NC(CCCNC(N)N)C(=O)O)c1. The summed E-state index contributed by atoms with van der Waals surface area (Å²) >= 11 is 0. The number of azo groups is 1. The molecule has 0 aromatic heterocycles. The minimum absolute atomic E-state index is 0.146. The van der Waals surface area contributed by atoms with Gasteiger partial charge in [-0.1, -0.05) is 47.6 Å². The fourth-order valence-corrected chi connectivity index (χ4v) is 3.27. The lowest BCUT2D eigenvalue weighted by molar-refractivity contribution is -0.142. The molecule has 0 heterocycles. The number of carboxylic acid groups (broad SMARTS) is 1. The molecule has 188 valence electrons. The van der Waals surface area contributed by atoms with Gasteiger partial charge in [0.15, 0.2) is 0 Å². The van der Waals surface area contributed by atoms with Crippen LogP contribution in [0.25, 0.3) is 0 Å². The molecule has 2 aromatic rings. The number of hydrogen-bond donors (Lipinski definition) is 6. The number of carbonyl (C=O) groups excluding carboxylic acids is 2. The monoisotopic (exact) mass is 483 g/mol. The molecule has 3 amide bonds. The smallest absolute Gasteiger partial charge is 0.360 e. The molecule has 35 heavy (non-hydrogen) atoms. The van der Waals surface area contributed by atoms with Crippen LogP contribution in [0.15, 0.2) is 58.8 Å². The average Bonchev–Trinajstić information content (AvgIpc) is 2.81. The summed E-state index contributed by atoms with van der Waals surface area (Å²) < 4.78 is 0. The van der Waals surface area contributed by atoms with E-state index >= 15 is 0 Å². The van der Waals surface area contributed by atoms with Crippen LogP contribution in [0, 0.1) is 13.8 Å². The first-order valence-corrected chi connectivity index (χ1v) is 11.3. The maximum Gasteiger partial charge on any atom is 0.360 e. The summed E-state index contributed by atoms with van der Waals surface area (Å²) in [5, 5.41) is 25.1. The van der Waals surface area contributed by atoms with Crippen molar-refractivity contribution < 1.29 is 19.5 Å². The molecule has 8 N–H and O–H groups in total. The van der Waals surface area contributed by atoms with Crippen molar-refractivity contribution >= 4 is 23.6 Å². The van der Waals surface area contributed by atoms with E-state index in [9.17, 15) is 19.5 Å². The van der Waals surface area contributed by atoms with Crippen molar-refractivity contribution in [3.8, 4) is 0 Å². The van der Waals surface area contributed by atoms with Gasteiger partial charge < -0.3 is 27.2 Å². The normalized spacial score (nSPS) is 12.9. The first-order valence-electron chi connectivity index (χ1n) is 11.3. The molecule has 2 rings (SSSR count). The highest BCUT2D eigenvalue weighted by atomic mass is 16.4. The lowest BCUT2D eigenvalue weighted by Gasteiger charge is -2.21. The van der Waals surface area contributed by atoms with E-state index in [2.05, 4.69) is 26.2 Å². The Labute approximate surface area is 204 Å². The van der Waals surface area contributed by atoms with E-state index in [-0.39, 0.29) is 12.8 Å². The van der Waals surface area contributed by atoms with Gasteiger partial charge in [0.2, 0.25) is 5.91 Å². The van der Waals surface area contributed by atoms with Crippen molar-refractivity contribution in [2.75, 3.05) is 6.54 Å². The Balaban J connectivity index is 2.11. The van der Waals surface area contributed by atoms with E-state index < -0.39 is 36.3 Å². The Morgan fingerprint density at radius 3 is 2.37 bits per heavy atom. The summed E-state index contributed by atoms with van der Waals surface area (Å²) in [6, 6.07) is 11.6. The first kappa shape index (κ1) is 27.6. The molecule has 0 radical (unpaired) electrons. The summed E-state index contributed by atoms with van der Waals surface area (Å²) in [6.45, 7) is 4.14. The standard InChI is InChI=1S/C24H33N7O4/c1-15-10-11-16(2)19(13-15)30-31-24(35)29-20(14-17-7-4-3-5-8-17)21(32)28-18(22(33)34)9-6-12-27-23(25)26/h3-5,7-8,10-11,13,18,20,23,27H,6,9,12,14,25-26H2,1-2H3,(H,28,32)(H,29,35)(H,33,34). The fraction of sp³-hybridized carbons (Fsp3) is 0.375. The van der Waals surface area contributed by atoms with Crippen LogP contribution >= 0.6 is 0 Å². The number of nitrogens with zero attached hydrogens (tertiary/aromatic N) is 2. The Kier molecular flexibility index (Phi) is 10.9. The van der Waals surface area contributed by atoms with Gasteiger partial charge in [0, 0.05) is 6.42 Å².